The molecule has 1 aromatic heterocycles. The van der Waals surface area contributed by atoms with Crippen molar-refractivity contribution in [3.63, 3.8) is 0 Å². The van der Waals surface area contributed by atoms with Gasteiger partial charge in [0.2, 0.25) is 5.89 Å². The van der Waals surface area contributed by atoms with Gasteiger partial charge < -0.3 is 9.52 Å². The molecular weight excluding hydrogens is 238 g/mol. The van der Waals surface area contributed by atoms with Crippen LogP contribution in [0.15, 0.2) is 10.6 Å². The third kappa shape index (κ3) is 4.42. The van der Waals surface area contributed by atoms with E-state index in [1.807, 2.05) is 0 Å². The number of nitrogens with zero attached hydrogens (tertiary/aromatic N) is 1. The summed E-state index contributed by atoms with van der Waals surface area (Å²) in [5.74, 6) is 1.62. The SMILES string of the molecule is CC(CSCc1ncc(C(C)(C)C)o1)C(=O)O. The summed E-state index contributed by atoms with van der Waals surface area (Å²) in [6.45, 7) is 7.90. The Morgan fingerprint density at radius 1 is 1.59 bits per heavy atom. The fourth-order valence-electron chi connectivity index (χ4n) is 1.12. The Balaban J connectivity index is 2.43. The van der Waals surface area contributed by atoms with Crippen molar-refractivity contribution in [1.82, 2.24) is 4.98 Å². The number of oxazole rings is 1. The number of carboxylic acid groups (broad SMARTS) is 1. The first-order valence-electron chi connectivity index (χ1n) is 5.56. The second kappa shape index (κ2) is 5.58. The van der Waals surface area contributed by atoms with Gasteiger partial charge in [-0.2, -0.15) is 11.8 Å². The lowest BCUT2D eigenvalue weighted by Gasteiger charge is -2.13. The highest BCUT2D eigenvalue weighted by Gasteiger charge is 2.19. The molecule has 0 saturated heterocycles. The fourth-order valence-corrected chi connectivity index (χ4v) is 2.04. The van der Waals surface area contributed by atoms with Gasteiger partial charge in [-0.25, -0.2) is 4.98 Å². The molecular formula is C12H19NO3S. The smallest absolute Gasteiger partial charge is 0.307 e. The zero-order valence-corrected chi connectivity index (χ0v) is 11.5. The van der Waals surface area contributed by atoms with E-state index in [4.69, 9.17) is 9.52 Å². The Hall–Kier alpha value is -0.970. The molecule has 0 bridgehead atoms. The van der Waals surface area contributed by atoms with Gasteiger partial charge in [0.05, 0.1) is 17.9 Å². The molecule has 0 amide bonds. The molecule has 0 aliphatic rings. The Bertz CT molecular complexity index is 381. The zero-order valence-electron chi connectivity index (χ0n) is 10.7. The van der Waals surface area contributed by atoms with Gasteiger partial charge in [-0.15, -0.1) is 0 Å². The van der Waals surface area contributed by atoms with E-state index in [0.717, 1.165) is 5.76 Å². The molecule has 0 fully saturated rings. The summed E-state index contributed by atoms with van der Waals surface area (Å²) in [7, 11) is 0. The second-order valence-corrected chi connectivity index (χ2v) is 6.15. The molecule has 1 N–H and O–H groups in total. The highest BCUT2D eigenvalue weighted by molar-refractivity contribution is 7.98. The lowest BCUT2D eigenvalue weighted by Crippen LogP contribution is -2.11. The number of hydrogen-bond acceptors (Lipinski definition) is 4. The van der Waals surface area contributed by atoms with Crippen LogP contribution >= 0.6 is 11.8 Å². The van der Waals surface area contributed by atoms with Gasteiger partial charge in [-0.1, -0.05) is 27.7 Å². The van der Waals surface area contributed by atoms with Crippen LogP contribution in [0.5, 0.6) is 0 Å². The third-order valence-corrected chi connectivity index (χ3v) is 3.49. The maximum Gasteiger partial charge on any atom is 0.307 e. The van der Waals surface area contributed by atoms with Crippen molar-refractivity contribution in [2.24, 2.45) is 5.92 Å². The monoisotopic (exact) mass is 257 g/mol. The Labute approximate surface area is 106 Å². The average Bonchev–Trinajstić information content (AvgIpc) is 2.65. The summed E-state index contributed by atoms with van der Waals surface area (Å²) in [6, 6.07) is 0. The molecule has 1 heterocycles. The van der Waals surface area contributed by atoms with E-state index in [1.165, 1.54) is 11.8 Å². The molecule has 0 spiro atoms. The third-order valence-electron chi connectivity index (χ3n) is 2.31. The van der Waals surface area contributed by atoms with Crippen molar-refractivity contribution in [2.45, 2.75) is 38.9 Å². The first kappa shape index (κ1) is 14.1. The van der Waals surface area contributed by atoms with Gasteiger partial charge in [0.25, 0.3) is 0 Å². The van der Waals surface area contributed by atoms with Gasteiger partial charge in [-0.3, -0.25) is 4.79 Å². The molecule has 0 aliphatic carbocycles. The minimum Gasteiger partial charge on any atom is -0.481 e. The number of thioether (sulfide) groups is 1. The molecule has 5 heteroatoms. The number of aromatic nitrogens is 1. The molecule has 0 saturated carbocycles. The molecule has 0 radical (unpaired) electrons. The number of carbonyl (C=O) groups is 1. The minimum atomic E-state index is -0.764. The van der Waals surface area contributed by atoms with Crippen LogP contribution in [0.3, 0.4) is 0 Å². The number of rotatable bonds is 5. The maximum absolute atomic E-state index is 10.6. The van der Waals surface area contributed by atoms with Crippen LogP contribution in [0.1, 0.15) is 39.3 Å². The first-order valence-corrected chi connectivity index (χ1v) is 6.72. The molecule has 17 heavy (non-hydrogen) atoms. The van der Waals surface area contributed by atoms with Gasteiger partial charge in [0, 0.05) is 11.2 Å². The van der Waals surface area contributed by atoms with Crippen LogP contribution in [-0.4, -0.2) is 21.8 Å². The maximum atomic E-state index is 10.6. The molecule has 1 atom stereocenters. The van der Waals surface area contributed by atoms with Crippen LogP contribution in [0, 0.1) is 5.92 Å². The molecule has 1 unspecified atom stereocenters. The molecule has 96 valence electrons. The van der Waals surface area contributed by atoms with Crippen molar-refractivity contribution in [2.75, 3.05) is 5.75 Å². The van der Waals surface area contributed by atoms with E-state index in [1.54, 1.807) is 13.1 Å². The number of carboxylic acids is 1. The first-order chi connectivity index (χ1) is 7.80. The van der Waals surface area contributed by atoms with Gasteiger partial charge in [0.15, 0.2) is 0 Å². The van der Waals surface area contributed by atoms with Crippen molar-refractivity contribution >= 4 is 17.7 Å². The number of hydrogen-bond donors (Lipinski definition) is 1. The highest BCUT2D eigenvalue weighted by atomic mass is 32.2. The van der Waals surface area contributed by atoms with E-state index in [0.29, 0.717) is 17.4 Å². The normalized spacial score (nSPS) is 13.6. The Morgan fingerprint density at radius 3 is 2.71 bits per heavy atom. The zero-order chi connectivity index (χ0) is 13.1. The predicted molar refractivity (Wildman–Crippen MR) is 68.2 cm³/mol. The van der Waals surface area contributed by atoms with Crippen molar-refractivity contribution in [3.8, 4) is 0 Å². The minimum absolute atomic E-state index is 0.0374. The highest BCUT2D eigenvalue weighted by Crippen LogP contribution is 2.24. The lowest BCUT2D eigenvalue weighted by atomic mass is 9.94. The second-order valence-electron chi connectivity index (χ2n) is 5.12. The number of aliphatic carboxylic acids is 1. The summed E-state index contributed by atoms with van der Waals surface area (Å²) in [5.41, 5.74) is -0.0374. The summed E-state index contributed by atoms with van der Waals surface area (Å²) in [4.78, 5) is 14.8. The standard InChI is InChI=1S/C12H19NO3S/c1-8(11(14)15)6-17-7-10-13-5-9(16-10)12(2,3)4/h5,8H,6-7H2,1-4H3,(H,14,15). The summed E-state index contributed by atoms with van der Waals surface area (Å²) >= 11 is 1.53. The van der Waals surface area contributed by atoms with Gasteiger partial charge >= 0.3 is 5.97 Å². The van der Waals surface area contributed by atoms with Crippen molar-refractivity contribution < 1.29 is 14.3 Å². The molecule has 1 aromatic rings. The molecule has 0 aliphatic heterocycles. The summed E-state index contributed by atoms with van der Waals surface area (Å²) in [6.07, 6.45) is 1.75. The Kier molecular flexibility index (Phi) is 4.62. The van der Waals surface area contributed by atoms with E-state index in [2.05, 4.69) is 25.8 Å². The lowest BCUT2D eigenvalue weighted by molar-refractivity contribution is -0.140. The van der Waals surface area contributed by atoms with Crippen LogP contribution in [0.2, 0.25) is 0 Å². The van der Waals surface area contributed by atoms with Crippen LogP contribution in [-0.2, 0) is 16.0 Å². The quantitative estimate of drug-likeness (QED) is 0.878. The molecule has 1 rings (SSSR count). The van der Waals surface area contributed by atoms with Gasteiger partial charge in [-0.05, 0) is 0 Å². The van der Waals surface area contributed by atoms with E-state index < -0.39 is 5.97 Å². The van der Waals surface area contributed by atoms with Gasteiger partial charge in [0.1, 0.15) is 5.76 Å². The summed E-state index contributed by atoms with van der Waals surface area (Å²) < 4.78 is 5.61. The van der Waals surface area contributed by atoms with Crippen molar-refractivity contribution in [1.29, 1.82) is 0 Å². The predicted octanol–water partition coefficient (Wildman–Crippen LogP) is 2.93. The van der Waals surface area contributed by atoms with Crippen molar-refractivity contribution in [3.05, 3.63) is 17.8 Å². The largest absolute Gasteiger partial charge is 0.481 e. The van der Waals surface area contributed by atoms with Crippen LogP contribution in [0.25, 0.3) is 0 Å². The fraction of sp³-hybridized carbons (Fsp3) is 0.667. The van der Waals surface area contributed by atoms with E-state index in [-0.39, 0.29) is 11.3 Å². The molecule has 0 aromatic carbocycles. The topological polar surface area (TPSA) is 63.3 Å². The molecule has 4 nitrogen and oxygen atoms in total. The van der Waals surface area contributed by atoms with Crippen LogP contribution < -0.4 is 0 Å². The van der Waals surface area contributed by atoms with E-state index in [9.17, 15) is 4.79 Å². The van der Waals surface area contributed by atoms with Crippen LogP contribution in [0.4, 0.5) is 0 Å². The van der Waals surface area contributed by atoms with E-state index >= 15 is 0 Å². The average molecular weight is 257 g/mol. The summed E-state index contributed by atoms with van der Waals surface area (Å²) in [5, 5.41) is 8.74. The Morgan fingerprint density at radius 2 is 2.24 bits per heavy atom.